The monoisotopic (exact) mass is 380 g/mol. The highest BCUT2D eigenvalue weighted by atomic mass is 32.2. The SMILES string of the molecule is CC(C)(C)OC(=O)N1CCC(C2C(=O)c3ccccc3NS2(=O)=O)CC1. The molecule has 3 rings (SSSR count). The number of piperidine rings is 1. The van der Waals surface area contributed by atoms with Crippen molar-refractivity contribution in [3.8, 4) is 0 Å². The fraction of sp³-hybridized carbons (Fsp3) is 0.556. The number of hydrogen-bond donors (Lipinski definition) is 1. The van der Waals surface area contributed by atoms with Crippen LogP contribution in [0.3, 0.4) is 0 Å². The number of para-hydroxylation sites is 1. The Kier molecular flexibility index (Phi) is 4.72. The van der Waals surface area contributed by atoms with Crippen LogP contribution in [0, 0.1) is 5.92 Å². The predicted octanol–water partition coefficient (Wildman–Crippen LogP) is 2.64. The molecular formula is C18H24N2O5S. The summed E-state index contributed by atoms with van der Waals surface area (Å²) in [5.41, 5.74) is 0.159. The average Bonchev–Trinajstić information content (AvgIpc) is 2.53. The third kappa shape index (κ3) is 3.70. The lowest BCUT2D eigenvalue weighted by Gasteiger charge is -2.37. The van der Waals surface area contributed by atoms with Crippen LogP contribution in [0.25, 0.3) is 0 Å². The quantitative estimate of drug-likeness (QED) is 0.808. The number of anilines is 1. The molecule has 0 spiro atoms. The van der Waals surface area contributed by atoms with Crippen LogP contribution < -0.4 is 4.72 Å². The first-order chi connectivity index (χ1) is 12.1. The molecule has 2 heterocycles. The molecule has 0 aliphatic carbocycles. The lowest BCUT2D eigenvalue weighted by atomic mass is 9.89. The second-order valence-corrected chi connectivity index (χ2v) is 9.58. The van der Waals surface area contributed by atoms with Crippen molar-refractivity contribution in [3.63, 3.8) is 0 Å². The number of benzene rings is 1. The number of sulfonamides is 1. The number of ketones is 1. The topological polar surface area (TPSA) is 92.8 Å². The molecule has 2 aliphatic rings. The van der Waals surface area contributed by atoms with Gasteiger partial charge in [0.15, 0.2) is 5.78 Å². The summed E-state index contributed by atoms with van der Waals surface area (Å²) in [4.78, 5) is 26.5. The summed E-state index contributed by atoms with van der Waals surface area (Å²) in [5, 5.41) is -1.11. The zero-order chi connectivity index (χ0) is 19.1. The van der Waals surface area contributed by atoms with E-state index in [0.717, 1.165) is 0 Å². The van der Waals surface area contributed by atoms with Crippen LogP contribution in [0.2, 0.25) is 0 Å². The van der Waals surface area contributed by atoms with Gasteiger partial charge in [-0.2, -0.15) is 0 Å². The van der Waals surface area contributed by atoms with E-state index in [2.05, 4.69) is 4.72 Å². The number of hydrogen-bond acceptors (Lipinski definition) is 5. The minimum atomic E-state index is -3.79. The fourth-order valence-electron chi connectivity index (χ4n) is 3.48. The Labute approximate surface area is 153 Å². The Morgan fingerprint density at radius 2 is 1.81 bits per heavy atom. The Hall–Kier alpha value is -2.09. The number of amides is 1. The Morgan fingerprint density at radius 1 is 1.19 bits per heavy atom. The summed E-state index contributed by atoms with van der Waals surface area (Å²) >= 11 is 0. The van der Waals surface area contributed by atoms with Crippen LogP contribution in [-0.2, 0) is 14.8 Å². The van der Waals surface area contributed by atoms with Gasteiger partial charge in [-0.3, -0.25) is 9.52 Å². The van der Waals surface area contributed by atoms with Crippen LogP contribution in [-0.4, -0.2) is 49.1 Å². The van der Waals surface area contributed by atoms with Crippen LogP contribution in [0.4, 0.5) is 10.5 Å². The van der Waals surface area contributed by atoms with Crippen molar-refractivity contribution in [3.05, 3.63) is 29.8 Å². The highest BCUT2D eigenvalue weighted by molar-refractivity contribution is 7.94. The molecule has 0 bridgehead atoms. The minimum Gasteiger partial charge on any atom is -0.444 e. The van der Waals surface area contributed by atoms with E-state index in [1.54, 1.807) is 49.9 Å². The number of carbonyl (C=O) groups is 2. The lowest BCUT2D eigenvalue weighted by molar-refractivity contribution is 0.0184. The van der Waals surface area contributed by atoms with Crippen molar-refractivity contribution in [1.82, 2.24) is 4.90 Å². The van der Waals surface area contributed by atoms with Gasteiger partial charge in [0.1, 0.15) is 10.9 Å². The molecule has 142 valence electrons. The third-order valence-electron chi connectivity index (χ3n) is 4.66. The summed E-state index contributed by atoms with van der Waals surface area (Å²) in [7, 11) is -3.79. The van der Waals surface area contributed by atoms with Gasteiger partial charge in [0.2, 0.25) is 10.0 Å². The van der Waals surface area contributed by atoms with Gasteiger partial charge in [0, 0.05) is 18.7 Å². The van der Waals surface area contributed by atoms with Gasteiger partial charge < -0.3 is 9.64 Å². The van der Waals surface area contributed by atoms with E-state index in [1.807, 2.05) is 0 Å². The van der Waals surface area contributed by atoms with E-state index in [-0.39, 0.29) is 11.7 Å². The van der Waals surface area contributed by atoms with Crippen LogP contribution in [0.1, 0.15) is 44.0 Å². The molecule has 7 nitrogen and oxygen atoms in total. The maximum absolute atomic E-state index is 12.8. The first-order valence-corrected chi connectivity index (χ1v) is 10.3. The zero-order valence-corrected chi connectivity index (χ0v) is 16.0. The van der Waals surface area contributed by atoms with Gasteiger partial charge in [-0.15, -0.1) is 0 Å². The van der Waals surface area contributed by atoms with Gasteiger partial charge >= 0.3 is 6.09 Å². The molecule has 26 heavy (non-hydrogen) atoms. The third-order valence-corrected chi connectivity index (χ3v) is 6.43. The van der Waals surface area contributed by atoms with E-state index < -0.39 is 27.0 Å². The second-order valence-electron chi connectivity index (χ2n) is 7.78. The van der Waals surface area contributed by atoms with Gasteiger partial charge in [0.05, 0.1) is 5.69 Å². The summed E-state index contributed by atoms with van der Waals surface area (Å²) in [5.74, 6) is -0.692. The Bertz CT molecular complexity index is 820. The maximum Gasteiger partial charge on any atom is 0.410 e. The molecule has 8 heteroatoms. The largest absolute Gasteiger partial charge is 0.444 e. The second kappa shape index (κ2) is 6.57. The normalized spacial score (nSPS) is 23.1. The Balaban J connectivity index is 1.73. The highest BCUT2D eigenvalue weighted by Gasteiger charge is 2.45. The average molecular weight is 380 g/mol. The molecule has 0 aromatic heterocycles. The first-order valence-electron chi connectivity index (χ1n) is 8.71. The molecule has 1 N–H and O–H groups in total. The van der Waals surface area contributed by atoms with Crippen molar-refractivity contribution in [2.24, 2.45) is 5.92 Å². The molecule has 0 saturated carbocycles. The smallest absolute Gasteiger partial charge is 0.410 e. The molecule has 1 aromatic rings. The standard InChI is InChI=1S/C18H24N2O5S/c1-18(2,3)25-17(22)20-10-8-12(9-11-20)16-15(21)13-6-4-5-7-14(13)19-26(16,23)24/h4-7,12,16,19H,8-11H2,1-3H3. The van der Waals surface area contributed by atoms with E-state index in [1.165, 1.54) is 0 Å². The van der Waals surface area contributed by atoms with E-state index >= 15 is 0 Å². The van der Waals surface area contributed by atoms with E-state index in [9.17, 15) is 18.0 Å². The van der Waals surface area contributed by atoms with Crippen molar-refractivity contribution >= 4 is 27.6 Å². The van der Waals surface area contributed by atoms with Gasteiger partial charge in [0.25, 0.3) is 0 Å². The fourth-order valence-corrected chi connectivity index (χ4v) is 5.28. The molecule has 1 fully saturated rings. The number of ether oxygens (including phenoxy) is 1. The number of carbonyl (C=O) groups excluding carboxylic acids is 2. The number of fused-ring (bicyclic) bond motifs is 1. The van der Waals surface area contributed by atoms with Crippen LogP contribution >= 0.6 is 0 Å². The van der Waals surface area contributed by atoms with Crippen molar-refractivity contribution in [2.75, 3.05) is 17.8 Å². The summed E-state index contributed by atoms with van der Waals surface area (Å²) in [6, 6.07) is 6.64. The molecule has 2 aliphatic heterocycles. The molecule has 0 radical (unpaired) electrons. The summed E-state index contributed by atoms with van der Waals surface area (Å²) < 4.78 is 33.1. The summed E-state index contributed by atoms with van der Waals surface area (Å²) in [6.07, 6.45) is 0.481. The Morgan fingerprint density at radius 3 is 2.42 bits per heavy atom. The van der Waals surface area contributed by atoms with Crippen LogP contribution in [0.15, 0.2) is 24.3 Å². The summed E-state index contributed by atoms with van der Waals surface area (Å²) in [6.45, 7) is 6.15. The van der Waals surface area contributed by atoms with Gasteiger partial charge in [-0.05, 0) is 51.7 Å². The molecule has 1 atom stereocenters. The van der Waals surface area contributed by atoms with Crippen molar-refractivity contribution in [1.29, 1.82) is 0 Å². The predicted molar refractivity (Wildman–Crippen MR) is 97.6 cm³/mol. The molecule has 1 unspecified atom stereocenters. The lowest BCUT2D eigenvalue weighted by Crippen LogP contribution is -2.49. The van der Waals surface area contributed by atoms with E-state index in [0.29, 0.717) is 37.2 Å². The first kappa shape index (κ1) is 18.7. The zero-order valence-electron chi connectivity index (χ0n) is 15.2. The molecule has 1 aromatic carbocycles. The number of Topliss-reactive ketones (excluding diaryl/α,β-unsaturated/α-hetero) is 1. The number of likely N-dealkylation sites (tertiary alicyclic amines) is 1. The van der Waals surface area contributed by atoms with Crippen molar-refractivity contribution in [2.45, 2.75) is 44.5 Å². The van der Waals surface area contributed by atoms with Gasteiger partial charge in [-0.1, -0.05) is 12.1 Å². The molecule has 1 saturated heterocycles. The van der Waals surface area contributed by atoms with E-state index in [4.69, 9.17) is 4.74 Å². The molecule has 1 amide bonds. The number of nitrogens with one attached hydrogen (secondary N) is 1. The molecular weight excluding hydrogens is 356 g/mol. The van der Waals surface area contributed by atoms with Crippen LogP contribution in [0.5, 0.6) is 0 Å². The number of rotatable bonds is 1. The maximum atomic E-state index is 12.8. The van der Waals surface area contributed by atoms with Crippen molar-refractivity contribution < 1.29 is 22.7 Å². The minimum absolute atomic E-state index is 0.327. The van der Waals surface area contributed by atoms with Gasteiger partial charge in [-0.25, -0.2) is 13.2 Å². The number of nitrogens with zero attached hydrogens (tertiary/aromatic N) is 1. The highest BCUT2D eigenvalue weighted by Crippen LogP contribution is 2.34.